The first kappa shape index (κ1) is 17.5. The van der Waals surface area contributed by atoms with Crippen LogP contribution >= 0.6 is 0 Å². The third-order valence-electron chi connectivity index (χ3n) is 3.49. The van der Waals surface area contributed by atoms with Gasteiger partial charge in [-0.2, -0.15) is 0 Å². The van der Waals surface area contributed by atoms with Crippen molar-refractivity contribution in [2.24, 2.45) is 0 Å². The molecule has 1 aromatic rings. The number of rotatable bonds is 3. The lowest BCUT2D eigenvalue weighted by Gasteiger charge is -2.28. The van der Waals surface area contributed by atoms with Crippen molar-refractivity contribution in [3.8, 4) is 5.75 Å². The standard InChI is InChI=1S/C18H28O3/c1-12(16(19)20-8)21-15-10-9-13(17(2,3)4)11-14(15)18(5,6)7/h9-12H,1-8H3/t12-/m1/s1. The number of methoxy groups -OCH3 is 1. The van der Waals surface area contributed by atoms with E-state index in [-0.39, 0.29) is 16.8 Å². The number of benzene rings is 1. The monoisotopic (exact) mass is 292 g/mol. The lowest BCUT2D eigenvalue weighted by atomic mass is 9.80. The number of hydrogen-bond donors (Lipinski definition) is 0. The fourth-order valence-corrected chi connectivity index (χ4v) is 2.09. The van der Waals surface area contributed by atoms with Gasteiger partial charge in [-0.3, -0.25) is 0 Å². The molecule has 0 saturated carbocycles. The van der Waals surface area contributed by atoms with E-state index in [4.69, 9.17) is 9.47 Å². The molecule has 0 heterocycles. The van der Waals surface area contributed by atoms with Gasteiger partial charge in [0.2, 0.25) is 0 Å². The normalized spacial score (nSPS) is 13.7. The minimum atomic E-state index is -0.614. The van der Waals surface area contributed by atoms with Crippen LogP contribution in [0.2, 0.25) is 0 Å². The highest BCUT2D eigenvalue weighted by Gasteiger charge is 2.25. The Morgan fingerprint density at radius 3 is 2.05 bits per heavy atom. The van der Waals surface area contributed by atoms with E-state index in [1.54, 1.807) is 6.92 Å². The van der Waals surface area contributed by atoms with Crippen molar-refractivity contribution in [1.29, 1.82) is 0 Å². The molecule has 0 N–H and O–H groups in total. The second-order valence-electron chi connectivity index (χ2n) is 7.49. The molecule has 3 heteroatoms. The molecule has 0 aliphatic rings. The Morgan fingerprint density at radius 2 is 1.62 bits per heavy atom. The van der Waals surface area contributed by atoms with Gasteiger partial charge in [-0.15, -0.1) is 0 Å². The van der Waals surface area contributed by atoms with Crippen LogP contribution in [-0.4, -0.2) is 19.2 Å². The summed E-state index contributed by atoms with van der Waals surface area (Å²) < 4.78 is 10.5. The zero-order valence-electron chi connectivity index (χ0n) is 14.5. The Labute approximate surface area is 128 Å². The molecule has 0 aromatic heterocycles. The second-order valence-corrected chi connectivity index (χ2v) is 7.49. The first-order valence-electron chi connectivity index (χ1n) is 7.36. The summed E-state index contributed by atoms with van der Waals surface area (Å²) in [6.07, 6.45) is -0.614. The van der Waals surface area contributed by atoms with Gasteiger partial charge in [-0.25, -0.2) is 4.79 Å². The molecule has 0 bridgehead atoms. The molecule has 0 spiro atoms. The molecule has 118 valence electrons. The Morgan fingerprint density at radius 1 is 1.05 bits per heavy atom. The van der Waals surface area contributed by atoms with Gasteiger partial charge in [0.1, 0.15) is 5.75 Å². The van der Waals surface area contributed by atoms with E-state index in [0.29, 0.717) is 0 Å². The molecule has 0 saturated heterocycles. The van der Waals surface area contributed by atoms with Crippen LogP contribution in [0.25, 0.3) is 0 Å². The first-order valence-corrected chi connectivity index (χ1v) is 7.36. The summed E-state index contributed by atoms with van der Waals surface area (Å²) in [7, 11) is 1.37. The van der Waals surface area contributed by atoms with Crippen LogP contribution < -0.4 is 4.74 Å². The molecule has 0 amide bonds. The quantitative estimate of drug-likeness (QED) is 0.782. The Bertz CT molecular complexity index is 504. The number of carbonyl (C=O) groups excluding carboxylic acids is 1. The van der Waals surface area contributed by atoms with Crippen LogP contribution in [-0.2, 0) is 20.4 Å². The molecule has 0 radical (unpaired) electrons. The second kappa shape index (κ2) is 6.08. The lowest BCUT2D eigenvalue weighted by Crippen LogP contribution is -2.27. The van der Waals surface area contributed by atoms with Crippen molar-refractivity contribution in [3.05, 3.63) is 29.3 Å². The zero-order valence-corrected chi connectivity index (χ0v) is 14.5. The summed E-state index contributed by atoms with van der Waals surface area (Å²) in [5.41, 5.74) is 2.37. The molecule has 0 fully saturated rings. The molecule has 1 atom stereocenters. The van der Waals surface area contributed by atoms with Crippen molar-refractivity contribution < 1.29 is 14.3 Å². The molecule has 0 aliphatic heterocycles. The van der Waals surface area contributed by atoms with Gasteiger partial charge in [0.25, 0.3) is 0 Å². The summed E-state index contributed by atoms with van der Waals surface area (Å²) in [6, 6.07) is 6.20. The first-order chi connectivity index (χ1) is 9.46. The molecule has 0 unspecified atom stereocenters. The summed E-state index contributed by atoms with van der Waals surface area (Å²) in [5.74, 6) is 0.378. The Kier molecular flexibility index (Phi) is 5.08. The van der Waals surface area contributed by atoms with Crippen LogP contribution in [0.5, 0.6) is 5.75 Å². The maximum absolute atomic E-state index is 11.6. The van der Waals surface area contributed by atoms with Crippen molar-refractivity contribution in [2.75, 3.05) is 7.11 Å². The molecular formula is C18H28O3. The zero-order chi connectivity index (χ0) is 16.4. The fourth-order valence-electron chi connectivity index (χ4n) is 2.09. The van der Waals surface area contributed by atoms with Gasteiger partial charge in [0.05, 0.1) is 7.11 Å². The van der Waals surface area contributed by atoms with E-state index in [0.717, 1.165) is 11.3 Å². The molecule has 1 aromatic carbocycles. The predicted octanol–water partition coefficient (Wildman–Crippen LogP) is 4.22. The van der Waals surface area contributed by atoms with E-state index >= 15 is 0 Å². The van der Waals surface area contributed by atoms with Crippen LogP contribution in [0, 0.1) is 0 Å². The summed E-state index contributed by atoms with van der Waals surface area (Å²) in [5, 5.41) is 0. The van der Waals surface area contributed by atoms with E-state index in [1.165, 1.54) is 12.7 Å². The van der Waals surface area contributed by atoms with Gasteiger partial charge in [-0.1, -0.05) is 53.7 Å². The van der Waals surface area contributed by atoms with Gasteiger partial charge in [-0.05, 0) is 34.9 Å². The molecule has 21 heavy (non-hydrogen) atoms. The van der Waals surface area contributed by atoms with Gasteiger partial charge >= 0.3 is 5.97 Å². The van der Waals surface area contributed by atoms with Crippen LogP contribution in [0.15, 0.2) is 18.2 Å². The largest absolute Gasteiger partial charge is 0.479 e. The minimum absolute atomic E-state index is 0.0631. The maximum Gasteiger partial charge on any atom is 0.346 e. The van der Waals surface area contributed by atoms with Crippen molar-refractivity contribution in [2.45, 2.75) is 65.4 Å². The van der Waals surface area contributed by atoms with E-state index in [2.05, 4.69) is 53.7 Å². The molecule has 3 nitrogen and oxygen atoms in total. The summed E-state index contributed by atoms with van der Waals surface area (Å²) in [6.45, 7) is 14.7. The Hall–Kier alpha value is -1.51. The van der Waals surface area contributed by atoms with Gasteiger partial charge in [0, 0.05) is 0 Å². The van der Waals surface area contributed by atoms with Crippen LogP contribution in [0.3, 0.4) is 0 Å². The van der Waals surface area contributed by atoms with Crippen molar-refractivity contribution in [3.63, 3.8) is 0 Å². The van der Waals surface area contributed by atoms with Crippen LogP contribution in [0.4, 0.5) is 0 Å². The van der Waals surface area contributed by atoms with Crippen molar-refractivity contribution >= 4 is 5.97 Å². The SMILES string of the molecule is COC(=O)[C@@H](C)Oc1ccc(C(C)(C)C)cc1C(C)(C)C. The Balaban J connectivity index is 3.24. The molecule has 1 rings (SSSR count). The van der Waals surface area contributed by atoms with E-state index in [1.807, 2.05) is 6.07 Å². The molecule has 0 aliphatic carbocycles. The highest BCUT2D eigenvalue weighted by atomic mass is 16.6. The average Bonchev–Trinajstić information content (AvgIpc) is 2.35. The average molecular weight is 292 g/mol. The number of hydrogen-bond acceptors (Lipinski definition) is 3. The van der Waals surface area contributed by atoms with Gasteiger partial charge < -0.3 is 9.47 Å². The van der Waals surface area contributed by atoms with Crippen LogP contribution in [0.1, 0.15) is 59.6 Å². The van der Waals surface area contributed by atoms with E-state index in [9.17, 15) is 4.79 Å². The highest BCUT2D eigenvalue weighted by molar-refractivity contribution is 5.74. The lowest BCUT2D eigenvalue weighted by molar-refractivity contribution is -0.147. The predicted molar refractivity (Wildman–Crippen MR) is 85.9 cm³/mol. The summed E-state index contributed by atoms with van der Waals surface area (Å²) >= 11 is 0. The fraction of sp³-hybridized carbons (Fsp3) is 0.611. The third kappa shape index (κ3) is 4.48. The van der Waals surface area contributed by atoms with E-state index < -0.39 is 6.10 Å². The smallest absolute Gasteiger partial charge is 0.346 e. The third-order valence-corrected chi connectivity index (χ3v) is 3.49. The number of esters is 1. The molecular weight excluding hydrogens is 264 g/mol. The minimum Gasteiger partial charge on any atom is -0.479 e. The topological polar surface area (TPSA) is 35.5 Å². The van der Waals surface area contributed by atoms with Gasteiger partial charge in [0.15, 0.2) is 6.10 Å². The number of carbonyl (C=O) groups is 1. The van der Waals surface area contributed by atoms with Crippen molar-refractivity contribution in [1.82, 2.24) is 0 Å². The maximum atomic E-state index is 11.6. The summed E-state index contributed by atoms with van der Waals surface area (Å²) in [4.78, 5) is 11.6. The highest BCUT2D eigenvalue weighted by Crippen LogP contribution is 2.35. The number of ether oxygens (including phenoxy) is 2.